The third-order valence-electron chi connectivity index (χ3n) is 4.05. The zero-order chi connectivity index (χ0) is 16.1. The maximum absolute atomic E-state index is 12.2. The molecule has 2 aromatic heterocycles. The summed E-state index contributed by atoms with van der Waals surface area (Å²) in [6.45, 7) is 3.70. The topological polar surface area (TPSA) is 71.0 Å². The van der Waals surface area contributed by atoms with Crippen LogP contribution in [0, 0.1) is 6.92 Å². The Kier molecular flexibility index (Phi) is 5.17. The van der Waals surface area contributed by atoms with Gasteiger partial charge in [0, 0.05) is 42.8 Å². The molecule has 1 fully saturated rings. The van der Waals surface area contributed by atoms with E-state index in [4.69, 9.17) is 0 Å². The predicted molar refractivity (Wildman–Crippen MR) is 90.6 cm³/mol. The Hall–Kier alpha value is -2.02. The van der Waals surface area contributed by atoms with Gasteiger partial charge in [0.2, 0.25) is 11.9 Å². The number of rotatable bonds is 5. The van der Waals surface area contributed by atoms with Gasteiger partial charge in [0.05, 0.1) is 11.2 Å². The highest BCUT2D eigenvalue weighted by atomic mass is 32.1. The van der Waals surface area contributed by atoms with Crippen LogP contribution in [0.1, 0.15) is 29.8 Å². The zero-order valence-electron chi connectivity index (χ0n) is 13.2. The number of hydrogen-bond acceptors (Lipinski definition) is 6. The molecule has 0 radical (unpaired) electrons. The minimum atomic E-state index is 0.110. The molecule has 2 aromatic rings. The van der Waals surface area contributed by atoms with Gasteiger partial charge in [-0.25, -0.2) is 15.0 Å². The molecular formula is C16H21N5OS. The first-order valence-electron chi connectivity index (χ1n) is 7.92. The smallest absolute Gasteiger partial charge is 0.225 e. The number of aryl methyl sites for hydroxylation is 2. The molecule has 1 atom stereocenters. The third kappa shape index (κ3) is 4.25. The molecule has 7 heteroatoms. The molecular weight excluding hydrogens is 310 g/mol. The first-order valence-corrected chi connectivity index (χ1v) is 8.80. The highest BCUT2D eigenvalue weighted by Gasteiger charge is 2.22. The average Bonchev–Trinajstić information content (AvgIpc) is 2.99. The van der Waals surface area contributed by atoms with E-state index >= 15 is 0 Å². The Bertz CT molecular complexity index is 645. The van der Waals surface area contributed by atoms with Gasteiger partial charge in [0.15, 0.2) is 0 Å². The van der Waals surface area contributed by atoms with E-state index in [1.807, 2.05) is 18.5 Å². The Labute approximate surface area is 140 Å². The van der Waals surface area contributed by atoms with E-state index in [2.05, 4.69) is 25.2 Å². The van der Waals surface area contributed by atoms with E-state index in [9.17, 15) is 4.79 Å². The lowest BCUT2D eigenvalue weighted by atomic mass is 10.1. The normalized spacial score (nSPS) is 18.0. The standard InChI is InChI=1S/C16H21N5OS/c1-12-14(23-11-19-12)5-6-15(22)20-13-4-2-9-21(10-13)16-17-7-3-8-18-16/h3,7-8,11,13H,2,4-6,9-10H2,1H3,(H,20,22). The van der Waals surface area contributed by atoms with Gasteiger partial charge in [-0.15, -0.1) is 11.3 Å². The van der Waals surface area contributed by atoms with Crippen molar-refractivity contribution in [2.45, 2.75) is 38.6 Å². The number of thiazole rings is 1. The summed E-state index contributed by atoms with van der Waals surface area (Å²) < 4.78 is 0. The van der Waals surface area contributed by atoms with Crippen LogP contribution < -0.4 is 10.2 Å². The minimum Gasteiger partial charge on any atom is -0.352 e. The molecule has 1 amide bonds. The minimum absolute atomic E-state index is 0.110. The summed E-state index contributed by atoms with van der Waals surface area (Å²) in [6.07, 6.45) is 6.83. The van der Waals surface area contributed by atoms with Crippen molar-refractivity contribution in [1.29, 1.82) is 0 Å². The van der Waals surface area contributed by atoms with E-state index < -0.39 is 0 Å². The van der Waals surface area contributed by atoms with Crippen LogP contribution in [-0.2, 0) is 11.2 Å². The number of nitrogens with one attached hydrogen (secondary N) is 1. The van der Waals surface area contributed by atoms with Crippen molar-refractivity contribution in [3.8, 4) is 0 Å². The summed E-state index contributed by atoms with van der Waals surface area (Å²) >= 11 is 1.62. The number of hydrogen-bond donors (Lipinski definition) is 1. The number of carbonyl (C=O) groups excluding carboxylic acids is 1. The van der Waals surface area contributed by atoms with Crippen molar-refractivity contribution in [2.24, 2.45) is 0 Å². The van der Waals surface area contributed by atoms with E-state index in [0.29, 0.717) is 6.42 Å². The molecule has 0 spiro atoms. The van der Waals surface area contributed by atoms with Gasteiger partial charge in [-0.05, 0) is 32.3 Å². The molecule has 0 saturated carbocycles. The highest BCUT2D eigenvalue weighted by molar-refractivity contribution is 7.09. The van der Waals surface area contributed by atoms with Gasteiger partial charge in [-0.1, -0.05) is 0 Å². The fraction of sp³-hybridized carbons (Fsp3) is 0.500. The lowest BCUT2D eigenvalue weighted by molar-refractivity contribution is -0.121. The summed E-state index contributed by atoms with van der Waals surface area (Å²) in [7, 11) is 0. The van der Waals surface area contributed by atoms with Gasteiger partial charge in [0.1, 0.15) is 0 Å². The molecule has 0 aliphatic carbocycles. The second-order valence-corrected chi connectivity index (χ2v) is 6.70. The lowest BCUT2D eigenvalue weighted by Crippen LogP contribution is -2.48. The van der Waals surface area contributed by atoms with Crippen molar-refractivity contribution in [3.05, 3.63) is 34.5 Å². The molecule has 1 saturated heterocycles. The number of anilines is 1. The van der Waals surface area contributed by atoms with Crippen LogP contribution in [0.5, 0.6) is 0 Å². The number of aromatic nitrogens is 3. The van der Waals surface area contributed by atoms with E-state index in [1.165, 1.54) is 4.88 Å². The summed E-state index contributed by atoms with van der Waals surface area (Å²) in [5.74, 6) is 0.852. The van der Waals surface area contributed by atoms with Crippen molar-refractivity contribution in [1.82, 2.24) is 20.3 Å². The van der Waals surface area contributed by atoms with Crippen LogP contribution in [0.3, 0.4) is 0 Å². The molecule has 1 unspecified atom stereocenters. The number of piperidine rings is 1. The molecule has 23 heavy (non-hydrogen) atoms. The van der Waals surface area contributed by atoms with Crippen molar-refractivity contribution in [3.63, 3.8) is 0 Å². The summed E-state index contributed by atoms with van der Waals surface area (Å²) in [5, 5.41) is 3.15. The van der Waals surface area contributed by atoms with Crippen molar-refractivity contribution in [2.75, 3.05) is 18.0 Å². The maximum Gasteiger partial charge on any atom is 0.225 e. The van der Waals surface area contributed by atoms with Crippen LogP contribution in [0.25, 0.3) is 0 Å². The quantitative estimate of drug-likeness (QED) is 0.907. The summed E-state index contributed by atoms with van der Waals surface area (Å²) in [6, 6.07) is 1.98. The second kappa shape index (κ2) is 7.50. The number of carbonyl (C=O) groups is 1. The first-order chi connectivity index (χ1) is 11.2. The van der Waals surface area contributed by atoms with Crippen LogP contribution in [-0.4, -0.2) is 40.0 Å². The molecule has 122 valence electrons. The van der Waals surface area contributed by atoms with Crippen LogP contribution in [0.4, 0.5) is 5.95 Å². The lowest BCUT2D eigenvalue weighted by Gasteiger charge is -2.33. The fourth-order valence-corrected chi connectivity index (χ4v) is 3.61. The van der Waals surface area contributed by atoms with Gasteiger partial charge in [-0.3, -0.25) is 4.79 Å². The molecule has 3 rings (SSSR count). The predicted octanol–water partition coefficient (Wildman–Crippen LogP) is 1.96. The van der Waals surface area contributed by atoms with Gasteiger partial charge >= 0.3 is 0 Å². The Morgan fingerprint density at radius 1 is 1.39 bits per heavy atom. The molecule has 1 aliphatic rings. The molecule has 0 aromatic carbocycles. The molecule has 1 aliphatic heterocycles. The van der Waals surface area contributed by atoms with E-state index in [1.54, 1.807) is 23.7 Å². The Morgan fingerprint density at radius 2 is 2.22 bits per heavy atom. The molecule has 3 heterocycles. The Balaban J connectivity index is 1.49. The van der Waals surface area contributed by atoms with E-state index in [0.717, 1.165) is 44.0 Å². The monoisotopic (exact) mass is 331 g/mol. The Morgan fingerprint density at radius 3 is 2.96 bits per heavy atom. The van der Waals surface area contributed by atoms with Crippen LogP contribution in [0.2, 0.25) is 0 Å². The number of amides is 1. The van der Waals surface area contributed by atoms with Crippen molar-refractivity contribution >= 4 is 23.2 Å². The zero-order valence-corrected chi connectivity index (χ0v) is 14.1. The van der Waals surface area contributed by atoms with Crippen LogP contribution >= 0.6 is 11.3 Å². The fourth-order valence-electron chi connectivity index (χ4n) is 2.82. The largest absolute Gasteiger partial charge is 0.352 e. The molecule has 0 bridgehead atoms. The van der Waals surface area contributed by atoms with Crippen molar-refractivity contribution < 1.29 is 4.79 Å². The molecule has 6 nitrogen and oxygen atoms in total. The SMILES string of the molecule is Cc1ncsc1CCC(=O)NC1CCCN(c2ncccn2)C1. The maximum atomic E-state index is 12.2. The van der Waals surface area contributed by atoms with E-state index in [-0.39, 0.29) is 11.9 Å². The van der Waals surface area contributed by atoms with Gasteiger partial charge < -0.3 is 10.2 Å². The average molecular weight is 331 g/mol. The summed E-state index contributed by atoms with van der Waals surface area (Å²) in [5.41, 5.74) is 2.87. The second-order valence-electron chi connectivity index (χ2n) is 5.76. The van der Waals surface area contributed by atoms with Gasteiger partial charge in [0.25, 0.3) is 0 Å². The summed E-state index contributed by atoms with van der Waals surface area (Å²) in [4.78, 5) is 28.3. The van der Waals surface area contributed by atoms with Crippen LogP contribution in [0.15, 0.2) is 24.0 Å². The first kappa shape index (κ1) is 15.9. The number of nitrogens with zero attached hydrogens (tertiary/aromatic N) is 4. The molecule has 1 N–H and O–H groups in total. The van der Waals surface area contributed by atoms with Gasteiger partial charge in [-0.2, -0.15) is 0 Å². The third-order valence-corrected chi connectivity index (χ3v) is 5.04. The highest BCUT2D eigenvalue weighted by Crippen LogP contribution is 2.16.